The van der Waals surface area contributed by atoms with Crippen LogP contribution in [0.5, 0.6) is 11.5 Å². The summed E-state index contributed by atoms with van der Waals surface area (Å²) in [6, 6.07) is 16.1. The number of nitrogens with one attached hydrogen (secondary N) is 1. The molecule has 0 aliphatic heterocycles. The van der Waals surface area contributed by atoms with Crippen LogP contribution in [0.15, 0.2) is 48.5 Å². The molecule has 2 rings (SSSR count). The van der Waals surface area contributed by atoms with Crippen LogP contribution < -0.4 is 14.8 Å². The lowest BCUT2D eigenvalue weighted by Gasteiger charge is -2.11. The molecule has 0 saturated heterocycles. The fourth-order valence-electron chi connectivity index (χ4n) is 2.71. The van der Waals surface area contributed by atoms with Gasteiger partial charge >= 0.3 is 0 Å². The van der Waals surface area contributed by atoms with E-state index in [0.717, 1.165) is 24.3 Å². The van der Waals surface area contributed by atoms with Gasteiger partial charge in [-0.05, 0) is 69.9 Å². The summed E-state index contributed by atoms with van der Waals surface area (Å²) < 4.78 is 11.4. The van der Waals surface area contributed by atoms with Crippen molar-refractivity contribution in [3.63, 3.8) is 0 Å². The minimum atomic E-state index is 0.0828. The van der Waals surface area contributed by atoms with Crippen LogP contribution in [0.1, 0.15) is 44.2 Å². The van der Waals surface area contributed by atoms with E-state index in [9.17, 15) is 4.79 Å². The molecule has 146 valence electrons. The third-order valence-corrected chi connectivity index (χ3v) is 4.07. The lowest BCUT2D eigenvalue weighted by molar-refractivity contribution is -0.121. The Labute approximate surface area is 162 Å². The Bertz CT molecular complexity index is 695. The summed E-state index contributed by atoms with van der Waals surface area (Å²) in [5.74, 6) is 1.84. The molecule has 0 bridgehead atoms. The molecule has 2 aromatic carbocycles. The Kier molecular flexibility index (Phi) is 8.69. The molecule has 0 heterocycles. The highest BCUT2D eigenvalue weighted by Gasteiger charge is 2.03. The molecule has 0 atom stereocenters. The fraction of sp³-hybridized carbons (Fsp3) is 0.435. The number of amides is 1. The van der Waals surface area contributed by atoms with Crippen molar-refractivity contribution in [3.05, 3.63) is 59.7 Å². The van der Waals surface area contributed by atoms with Gasteiger partial charge in [-0.1, -0.05) is 29.8 Å². The summed E-state index contributed by atoms with van der Waals surface area (Å²) in [7, 11) is 0. The van der Waals surface area contributed by atoms with E-state index >= 15 is 0 Å². The van der Waals surface area contributed by atoms with Crippen molar-refractivity contribution in [2.75, 3.05) is 13.2 Å². The molecule has 0 aliphatic carbocycles. The van der Waals surface area contributed by atoms with Gasteiger partial charge in [0.15, 0.2) is 0 Å². The Hall–Kier alpha value is -2.49. The van der Waals surface area contributed by atoms with Crippen LogP contribution in [0.3, 0.4) is 0 Å². The highest BCUT2D eigenvalue weighted by molar-refractivity contribution is 5.75. The SMILES string of the molecule is Cc1ccc(OCCCC(=O)NCCCc2cccc(OC(C)C)c2)cc1. The fourth-order valence-corrected chi connectivity index (χ4v) is 2.71. The molecule has 0 spiro atoms. The first-order valence-corrected chi connectivity index (χ1v) is 9.74. The van der Waals surface area contributed by atoms with Crippen LogP contribution in [0, 0.1) is 6.92 Å². The average molecular weight is 370 g/mol. The van der Waals surface area contributed by atoms with Gasteiger partial charge < -0.3 is 14.8 Å². The van der Waals surface area contributed by atoms with Crippen LogP contribution in [0.2, 0.25) is 0 Å². The number of carbonyl (C=O) groups excluding carboxylic acids is 1. The van der Waals surface area contributed by atoms with E-state index in [4.69, 9.17) is 9.47 Å². The Morgan fingerprint density at radius 3 is 2.56 bits per heavy atom. The first-order valence-electron chi connectivity index (χ1n) is 9.74. The normalized spacial score (nSPS) is 10.7. The summed E-state index contributed by atoms with van der Waals surface area (Å²) in [4.78, 5) is 11.9. The summed E-state index contributed by atoms with van der Waals surface area (Å²) in [5.41, 5.74) is 2.44. The highest BCUT2D eigenvalue weighted by atomic mass is 16.5. The third kappa shape index (κ3) is 8.63. The Morgan fingerprint density at radius 2 is 1.81 bits per heavy atom. The molecule has 0 radical (unpaired) electrons. The summed E-state index contributed by atoms with van der Waals surface area (Å²) in [6.07, 6.45) is 3.22. The molecule has 0 aromatic heterocycles. The van der Waals surface area contributed by atoms with Crippen LogP contribution >= 0.6 is 0 Å². The number of benzene rings is 2. The number of hydrogen-bond donors (Lipinski definition) is 1. The van der Waals surface area contributed by atoms with Gasteiger partial charge in [0, 0.05) is 13.0 Å². The Balaban J connectivity index is 1.56. The third-order valence-electron chi connectivity index (χ3n) is 4.07. The van der Waals surface area contributed by atoms with E-state index in [2.05, 4.69) is 17.4 Å². The maximum Gasteiger partial charge on any atom is 0.220 e. The first-order chi connectivity index (χ1) is 13.0. The second-order valence-electron chi connectivity index (χ2n) is 7.03. The van der Waals surface area contributed by atoms with Crippen molar-refractivity contribution < 1.29 is 14.3 Å². The lowest BCUT2D eigenvalue weighted by atomic mass is 10.1. The van der Waals surface area contributed by atoms with Gasteiger partial charge in [-0.15, -0.1) is 0 Å². The van der Waals surface area contributed by atoms with Gasteiger partial charge in [-0.3, -0.25) is 4.79 Å². The molecule has 0 aliphatic rings. The molecule has 4 nitrogen and oxygen atoms in total. The zero-order valence-electron chi connectivity index (χ0n) is 16.7. The maximum absolute atomic E-state index is 11.9. The molecule has 0 fully saturated rings. The van der Waals surface area contributed by atoms with Gasteiger partial charge in [0.05, 0.1) is 12.7 Å². The predicted molar refractivity (Wildman–Crippen MR) is 109 cm³/mol. The maximum atomic E-state index is 11.9. The van der Waals surface area contributed by atoms with Crippen molar-refractivity contribution in [1.82, 2.24) is 5.32 Å². The zero-order valence-corrected chi connectivity index (χ0v) is 16.7. The van der Waals surface area contributed by atoms with Crippen LogP contribution in [-0.2, 0) is 11.2 Å². The van der Waals surface area contributed by atoms with E-state index < -0.39 is 0 Å². The average Bonchev–Trinajstić information content (AvgIpc) is 2.64. The first kappa shape index (κ1) is 20.8. The van der Waals surface area contributed by atoms with Crippen molar-refractivity contribution in [2.45, 2.75) is 52.6 Å². The van der Waals surface area contributed by atoms with Crippen molar-refractivity contribution in [1.29, 1.82) is 0 Å². The van der Waals surface area contributed by atoms with Crippen molar-refractivity contribution >= 4 is 5.91 Å². The zero-order chi connectivity index (χ0) is 19.5. The number of hydrogen-bond acceptors (Lipinski definition) is 3. The molecule has 4 heteroatoms. The minimum absolute atomic E-state index is 0.0828. The minimum Gasteiger partial charge on any atom is -0.494 e. The number of aryl methyl sites for hydroxylation is 2. The van der Waals surface area contributed by atoms with Crippen LogP contribution in [-0.4, -0.2) is 25.2 Å². The second kappa shape index (κ2) is 11.3. The lowest BCUT2D eigenvalue weighted by Crippen LogP contribution is -2.24. The number of ether oxygens (including phenoxy) is 2. The van der Waals surface area contributed by atoms with Crippen LogP contribution in [0.4, 0.5) is 0 Å². The molecule has 0 unspecified atom stereocenters. The second-order valence-corrected chi connectivity index (χ2v) is 7.03. The molecule has 0 saturated carbocycles. The number of carbonyl (C=O) groups is 1. The molecule has 2 aromatic rings. The van der Waals surface area contributed by atoms with Gasteiger partial charge in [0.2, 0.25) is 5.91 Å². The van der Waals surface area contributed by atoms with Crippen molar-refractivity contribution in [3.8, 4) is 11.5 Å². The molecule has 27 heavy (non-hydrogen) atoms. The van der Waals surface area contributed by atoms with Gasteiger partial charge in [-0.25, -0.2) is 0 Å². The smallest absolute Gasteiger partial charge is 0.220 e. The van der Waals surface area contributed by atoms with Gasteiger partial charge in [-0.2, -0.15) is 0 Å². The van der Waals surface area contributed by atoms with E-state index in [-0.39, 0.29) is 12.0 Å². The quantitative estimate of drug-likeness (QED) is 0.585. The van der Waals surface area contributed by atoms with Gasteiger partial charge in [0.1, 0.15) is 11.5 Å². The molecule has 1 N–H and O–H groups in total. The highest BCUT2D eigenvalue weighted by Crippen LogP contribution is 2.16. The van der Waals surface area contributed by atoms with Crippen LogP contribution in [0.25, 0.3) is 0 Å². The largest absolute Gasteiger partial charge is 0.494 e. The van der Waals surface area contributed by atoms with Gasteiger partial charge in [0.25, 0.3) is 0 Å². The van der Waals surface area contributed by atoms with E-state index in [0.29, 0.717) is 26.0 Å². The molecular formula is C23H31NO3. The van der Waals surface area contributed by atoms with E-state index in [1.54, 1.807) is 0 Å². The number of rotatable bonds is 11. The summed E-state index contributed by atoms with van der Waals surface area (Å²) >= 11 is 0. The van der Waals surface area contributed by atoms with E-state index in [1.165, 1.54) is 11.1 Å². The summed E-state index contributed by atoms with van der Waals surface area (Å²) in [6.45, 7) is 7.33. The monoisotopic (exact) mass is 369 g/mol. The standard InChI is InChI=1S/C23H31NO3/c1-18(2)27-22-9-4-7-20(17-22)8-5-15-24-23(25)10-6-16-26-21-13-11-19(3)12-14-21/h4,7,9,11-14,17-18H,5-6,8,10,15-16H2,1-3H3,(H,24,25). The molecular weight excluding hydrogens is 338 g/mol. The van der Waals surface area contributed by atoms with E-state index in [1.807, 2.05) is 57.2 Å². The summed E-state index contributed by atoms with van der Waals surface area (Å²) in [5, 5.41) is 2.98. The topological polar surface area (TPSA) is 47.6 Å². The Morgan fingerprint density at radius 1 is 1.04 bits per heavy atom. The molecule has 1 amide bonds. The predicted octanol–water partition coefficient (Wildman–Crippen LogP) is 4.69. The van der Waals surface area contributed by atoms with Crippen molar-refractivity contribution in [2.24, 2.45) is 0 Å².